The Balaban J connectivity index is 1.82. The number of aliphatic imine (C=N–C) groups is 1. The van der Waals surface area contributed by atoms with Crippen molar-refractivity contribution in [3.05, 3.63) is 65.7 Å². The van der Waals surface area contributed by atoms with Gasteiger partial charge in [0.2, 0.25) is 0 Å². The maximum Gasteiger partial charge on any atom is 0.306 e. The molecule has 8 nitrogen and oxygen atoms in total. The van der Waals surface area contributed by atoms with Crippen molar-refractivity contribution in [3.8, 4) is 5.75 Å². The number of carbonyl (C=O) groups is 1. The van der Waals surface area contributed by atoms with Gasteiger partial charge in [0.15, 0.2) is 0 Å². The Morgan fingerprint density at radius 3 is 2.28 bits per heavy atom. The summed E-state index contributed by atoms with van der Waals surface area (Å²) < 4.78 is 50.4. The molecule has 1 unspecified atom stereocenters. The molecular weight excluding hydrogens is 452 g/mol. The number of carbonyl (C=O) groups excluding carboxylic acids is 1. The molecule has 0 radical (unpaired) electrons. The lowest BCUT2D eigenvalue weighted by Gasteiger charge is -2.40. The van der Waals surface area contributed by atoms with Gasteiger partial charge in [-0.1, -0.05) is 56.3 Å². The Kier molecular flexibility index (Phi) is 7.29. The molecule has 1 amide bonds. The van der Waals surface area contributed by atoms with E-state index in [1.807, 2.05) is 19.9 Å². The fourth-order valence-electron chi connectivity index (χ4n) is 3.47. The highest BCUT2D eigenvalue weighted by atomic mass is 32.3. The van der Waals surface area contributed by atoms with E-state index < -0.39 is 32.1 Å². The minimum absolute atomic E-state index is 0.0635. The molecular formula is C22H28N2O6S2. The lowest BCUT2D eigenvalue weighted by Crippen LogP contribution is -2.32. The number of hydrogen-bond donors (Lipinski definition) is 2. The van der Waals surface area contributed by atoms with Gasteiger partial charge in [-0.05, 0) is 35.6 Å². The Bertz CT molecular complexity index is 1080. The quantitative estimate of drug-likeness (QED) is 0.553. The molecule has 0 bridgehead atoms. The lowest BCUT2D eigenvalue weighted by molar-refractivity contribution is -0.119. The Hall–Kier alpha value is -2.40. The van der Waals surface area contributed by atoms with Crippen molar-refractivity contribution in [3.63, 3.8) is 0 Å². The summed E-state index contributed by atoms with van der Waals surface area (Å²) in [6.45, 7) is 4.31. The van der Waals surface area contributed by atoms with Crippen LogP contribution in [0.5, 0.6) is 5.75 Å². The summed E-state index contributed by atoms with van der Waals surface area (Å²) in [5.41, 5.74) is 1.66. The summed E-state index contributed by atoms with van der Waals surface area (Å²) in [5, 5.41) is -0.902. The molecule has 10 heteroatoms. The molecule has 1 heterocycles. The Morgan fingerprint density at radius 2 is 1.72 bits per heavy atom. The zero-order valence-electron chi connectivity index (χ0n) is 18.2. The van der Waals surface area contributed by atoms with Crippen molar-refractivity contribution >= 4 is 32.5 Å². The van der Waals surface area contributed by atoms with E-state index in [9.17, 15) is 22.3 Å². The Labute approximate surface area is 190 Å². The average molecular weight is 481 g/mol. The maximum atomic E-state index is 13.1. The molecule has 2 aromatic carbocycles. The maximum absolute atomic E-state index is 13.1. The molecule has 32 heavy (non-hydrogen) atoms. The second-order valence-electron chi connectivity index (χ2n) is 8.06. The molecule has 0 spiro atoms. The van der Waals surface area contributed by atoms with Gasteiger partial charge in [0.1, 0.15) is 16.7 Å². The third-order valence-corrected chi connectivity index (χ3v) is 7.41. The van der Waals surface area contributed by atoms with E-state index in [1.165, 1.54) is 0 Å². The topological polar surface area (TPSA) is 117 Å². The van der Waals surface area contributed by atoms with Crippen LogP contribution in [0.4, 0.5) is 0 Å². The fraction of sp³-hybridized carbons (Fsp3) is 0.364. The van der Waals surface area contributed by atoms with Crippen molar-refractivity contribution in [1.82, 2.24) is 4.31 Å². The van der Waals surface area contributed by atoms with Gasteiger partial charge in [-0.25, -0.2) is 4.31 Å². The van der Waals surface area contributed by atoms with Gasteiger partial charge in [-0.2, -0.15) is 8.42 Å². The first-order valence-electron chi connectivity index (χ1n) is 10.2. The minimum atomic E-state index is -3.59. The van der Waals surface area contributed by atoms with Crippen LogP contribution in [0.2, 0.25) is 0 Å². The van der Waals surface area contributed by atoms with Crippen molar-refractivity contribution < 1.29 is 26.5 Å². The van der Waals surface area contributed by atoms with Crippen LogP contribution in [-0.2, 0) is 21.3 Å². The molecule has 174 valence electrons. The molecule has 3 rings (SSSR count). The molecule has 2 N–H and O–H groups in total. The largest absolute Gasteiger partial charge is 0.383 e. The second-order valence-corrected chi connectivity index (χ2v) is 11.7. The average Bonchev–Trinajstić information content (AvgIpc) is 2.88. The highest BCUT2D eigenvalue weighted by Crippen LogP contribution is 2.62. The van der Waals surface area contributed by atoms with Crippen LogP contribution in [0.3, 0.4) is 0 Å². The zero-order chi connectivity index (χ0) is 23.5. The van der Waals surface area contributed by atoms with Crippen LogP contribution < -0.4 is 4.18 Å². The number of hydrogen-bond acceptors (Lipinski definition) is 7. The highest BCUT2D eigenvalue weighted by molar-refractivity contribution is 8.24. The smallest absolute Gasteiger partial charge is 0.306 e. The standard InChI is InChI=1S/C22H28N2O6S2/c1-16(2)15-24-22(25)20(21(32(24,28)29)18-7-5-4-6-8-18)23-14-13-17-9-11-19(12-10-17)30-31(3,26)27/h4-12,16,21,28-29H,13-15H2,1-3H3. The summed E-state index contributed by atoms with van der Waals surface area (Å²) in [4.78, 5) is 17.6. The van der Waals surface area contributed by atoms with Crippen LogP contribution in [0.1, 0.15) is 30.2 Å². The molecule has 0 aliphatic carbocycles. The van der Waals surface area contributed by atoms with Gasteiger partial charge in [0.25, 0.3) is 5.91 Å². The third-order valence-electron chi connectivity index (χ3n) is 4.82. The van der Waals surface area contributed by atoms with Crippen LogP contribution >= 0.6 is 10.8 Å². The second kappa shape index (κ2) is 9.62. The minimum Gasteiger partial charge on any atom is -0.383 e. The van der Waals surface area contributed by atoms with Crippen molar-refractivity contribution in [2.75, 3.05) is 19.3 Å². The molecule has 0 aromatic heterocycles. The highest BCUT2D eigenvalue weighted by Gasteiger charge is 2.50. The van der Waals surface area contributed by atoms with E-state index in [4.69, 9.17) is 4.18 Å². The summed E-state index contributed by atoms with van der Waals surface area (Å²) >= 11 is 0. The van der Waals surface area contributed by atoms with Gasteiger partial charge < -0.3 is 4.18 Å². The lowest BCUT2D eigenvalue weighted by atomic mass is 10.1. The zero-order valence-corrected chi connectivity index (χ0v) is 19.8. The summed E-state index contributed by atoms with van der Waals surface area (Å²) in [7, 11) is -7.00. The number of rotatable bonds is 8. The van der Waals surface area contributed by atoms with Gasteiger partial charge in [0, 0.05) is 13.1 Å². The molecule has 2 aromatic rings. The Morgan fingerprint density at radius 1 is 1.09 bits per heavy atom. The number of amides is 1. The summed E-state index contributed by atoms with van der Waals surface area (Å²) in [6, 6.07) is 15.5. The molecule has 1 fully saturated rings. The van der Waals surface area contributed by atoms with Gasteiger partial charge in [0.05, 0.1) is 6.26 Å². The van der Waals surface area contributed by atoms with Gasteiger partial charge in [-0.3, -0.25) is 18.9 Å². The first kappa shape index (κ1) is 24.2. The van der Waals surface area contributed by atoms with E-state index >= 15 is 0 Å². The van der Waals surface area contributed by atoms with E-state index in [0.29, 0.717) is 12.0 Å². The van der Waals surface area contributed by atoms with Crippen molar-refractivity contribution in [2.45, 2.75) is 25.5 Å². The first-order valence-corrected chi connectivity index (χ1v) is 13.5. The van der Waals surface area contributed by atoms with E-state index in [2.05, 4.69) is 4.99 Å². The van der Waals surface area contributed by atoms with Crippen LogP contribution in [0.25, 0.3) is 0 Å². The SMILES string of the molecule is CC(C)CN1C(=O)C(=NCCc2ccc(OS(C)(=O)=O)cc2)C(c2ccccc2)S1(O)O. The molecule has 1 saturated heterocycles. The van der Waals surface area contributed by atoms with E-state index in [1.54, 1.807) is 48.5 Å². The van der Waals surface area contributed by atoms with Gasteiger partial charge >= 0.3 is 10.1 Å². The van der Waals surface area contributed by atoms with Crippen LogP contribution in [-0.4, -0.2) is 52.8 Å². The van der Waals surface area contributed by atoms with Crippen LogP contribution in [0, 0.1) is 5.92 Å². The predicted molar refractivity (Wildman–Crippen MR) is 127 cm³/mol. The van der Waals surface area contributed by atoms with E-state index in [-0.39, 0.29) is 30.5 Å². The van der Waals surface area contributed by atoms with Crippen molar-refractivity contribution in [2.24, 2.45) is 10.9 Å². The van der Waals surface area contributed by atoms with Crippen molar-refractivity contribution in [1.29, 1.82) is 0 Å². The molecule has 1 aliphatic rings. The summed E-state index contributed by atoms with van der Waals surface area (Å²) in [6.07, 6.45) is 1.46. The van der Waals surface area contributed by atoms with E-state index in [0.717, 1.165) is 16.1 Å². The third kappa shape index (κ3) is 5.69. The molecule has 0 saturated carbocycles. The first-order chi connectivity index (χ1) is 15.0. The number of benzene rings is 2. The predicted octanol–water partition coefficient (Wildman–Crippen LogP) is 3.91. The monoisotopic (exact) mass is 480 g/mol. The van der Waals surface area contributed by atoms with Gasteiger partial charge in [-0.15, -0.1) is 10.8 Å². The summed E-state index contributed by atoms with van der Waals surface area (Å²) in [5.74, 6) is -0.172. The fourth-order valence-corrected chi connectivity index (χ4v) is 6.04. The number of nitrogens with zero attached hydrogens (tertiary/aromatic N) is 2. The normalized spacial score (nSPS) is 20.7. The molecule has 1 aliphatic heterocycles. The molecule has 1 atom stereocenters. The van der Waals surface area contributed by atoms with Crippen LogP contribution in [0.15, 0.2) is 59.6 Å².